The maximum Gasteiger partial charge on any atom is 0.169 e. The standard InChI is InChI=1S/C17H21N3O2/c1-4-22-12-7-5-11(6-8-12)18-16-15-13(19-20-16)9-17(2,3)10-14(15)21/h5-8H,4,9-10H2,1-3H3,(H2,18,19,20). The Morgan fingerprint density at radius 3 is 2.68 bits per heavy atom. The number of nitrogens with zero attached hydrogens (tertiary/aromatic N) is 1. The van der Waals surface area contributed by atoms with Crippen LogP contribution in [0.2, 0.25) is 0 Å². The fourth-order valence-electron chi connectivity index (χ4n) is 2.90. The number of fused-ring (bicyclic) bond motifs is 1. The number of anilines is 2. The summed E-state index contributed by atoms with van der Waals surface area (Å²) in [6.45, 7) is 6.81. The number of carbonyl (C=O) groups is 1. The minimum absolute atomic E-state index is 0.00692. The van der Waals surface area contributed by atoms with Gasteiger partial charge in [-0.05, 0) is 43.0 Å². The molecule has 116 valence electrons. The van der Waals surface area contributed by atoms with E-state index < -0.39 is 0 Å². The van der Waals surface area contributed by atoms with Crippen LogP contribution in [0.3, 0.4) is 0 Å². The fraction of sp³-hybridized carbons (Fsp3) is 0.412. The van der Waals surface area contributed by atoms with Crippen molar-refractivity contribution in [3.05, 3.63) is 35.5 Å². The van der Waals surface area contributed by atoms with E-state index in [1.54, 1.807) is 0 Å². The molecule has 0 spiro atoms. The lowest BCUT2D eigenvalue weighted by atomic mass is 9.76. The summed E-state index contributed by atoms with van der Waals surface area (Å²) in [6.07, 6.45) is 1.39. The third-order valence-electron chi connectivity index (χ3n) is 3.84. The monoisotopic (exact) mass is 299 g/mol. The number of Topliss-reactive ketones (excluding diaryl/α,β-unsaturated/α-hetero) is 1. The van der Waals surface area contributed by atoms with Crippen LogP contribution in [0.15, 0.2) is 24.3 Å². The van der Waals surface area contributed by atoms with Gasteiger partial charge in [0.05, 0.1) is 12.2 Å². The highest BCUT2D eigenvalue weighted by Gasteiger charge is 2.34. The number of benzene rings is 1. The van der Waals surface area contributed by atoms with Gasteiger partial charge in [0.2, 0.25) is 0 Å². The molecular weight excluding hydrogens is 278 g/mol. The van der Waals surface area contributed by atoms with E-state index in [0.717, 1.165) is 23.6 Å². The predicted octanol–water partition coefficient (Wildman–Crippen LogP) is 3.71. The quantitative estimate of drug-likeness (QED) is 0.903. The summed E-state index contributed by atoms with van der Waals surface area (Å²) < 4.78 is 5.42. The van der Waals surface area contributed by atoms with Gasteiger partial charge in [-0.25, -0.2) is 0 Å². The van der Waals surface area contributed by atoms with E-state index in [4.69, 9.17) is 4.74 Å². The molecule has 0 amide bonds. The molecule has 2 N–H and O–H groups in total. The third-order valence-corrected chi connectivity index (χ3v) is 3.84. The highest BCUT2D eigenvalue weighted by molar-refractivity contribution is 6.03. The summed E-state index contributed by atoms with van der Waals surface area (Å²) in [6, 6.07) is 7.64. The number of ketones is 1. The summed E-state index contributed by atoms with van der Waals surface area (Å²) in [4.78, 5) is 12.4. The van der Waals surface area contributed by atoms with Crippen LogP contribution in [-0.2, 0) is 6.42 Å². The van der Waals surface area contributed by atoms with Crippen LogP contribution in [0.5, 0.6) is 5.75 Å². The Kier molecular flexibility index (Phi) is 3.64. The Hall–Kier alpha value is -2.30. The Morgan fingerprint density at radius 1 is 1.27 bits per heavy atom. The first kappa shape index (κ1) is 14.6. The van der Waals surface area contributed by atoms with E-state index in [-0.39, 0.29) is 11.2 Å². The highest BCUT2D eigenvalue weighted by atomic mass is 16.5. The molecule has 0 fully saturated rings. The molecule has 0 aliphatic heterocycles. The van der Waals surface area contributed by atoms with E-state index >= 15 is 0 Å². The lowest BCUT2D eigenvalue weighted by Gasteiger charge is -2.27. The lowest BCUT2D eigenvalue weighted by molar-refractivity contribution is 0.0912. The van der Waals surface area contributed by atoms with Gasteiger partial charge in [0.25, 0.3) is 0 Å². The molecule has 5 heteroatoms. The second kappa shape index (κ2) is 5.48. The maximum atomic E-state index is 12.4. The van der Waals surface area contributed by atoms with Crippen LogP contribution in [0.25, 0.3) is 0 Å². The van der Waals surface area contributed by atoms with Gasteiger partial charge in [0.1, 0.15) is 5.75 Å². The number of H-pyrrole nitrogens is 1. The zero-order valence-corrected chi connectivity index (χ0v) is 13.2. The number of aromatic nitrogens is 2. The van der Waals surface area contributed by atoms with Crippen LogP contribution in [0.4, 0.5) is 11.5 Å². The van der Waals surface area contributed by atoms with Crippen molar-refractivity contribution in [2.24, 2.45) is 5.41 Å². The summed E-state index contributed by atoms with van der Waals surface area (Å²) in [5.41, 5.74) is 2.51. The Morgan fingerprint density at radius 2 is 2.00 bits per heavy atom. The molecule has 0 unspecified atom stereocenters. The molecule has 2 aromatic rings. The van der Waals surface area contributed by atoms with Crippen molar-refractivity contribution in [3.8, 4) is 5.75 Å². The molecule has 0 saturated carbocycles. The largest absolute Gasteiger partial charge is 0.494 e. The average Bonchev–Trinajstić information content (AvgIpc) is 2.83. The maximum absolute atomic E-state index is 12.4. The van der Waals surface area contributed by atoms with Crippen molar-refractivity contribution in [2.75, 3.05) is 11.9 Å². The number of ether oxygens (including phenoxy) is 1. The molecule has 0 saturated heterocycles. The van der Waals surface area contributed by atoms with Gasteiger partial charge in [-0.2, -0.15) is 5.10 Å². The average molecular weight is 299 g/mol. The first-order valence-electron chi connectivity index (χ1n) is 7.59. The van der Waals surface area contributed by atoms with Gasteiger partial charge < -0.3 is 10.1 Å². The summed E-state index contributed by atoms with van der Waals surface area (Å²) in [5, 5.41) is 10.5. The van der Waals surface area contributed by atoms with E-state index in [1.165, 1.54) is 0 Å². The molecule has 5 nitrogen and oxygen atoms in total. The van der Waals surface area contributed by atoms with Crippen LogP contribution in [0.1, 0.15) is 43.2 Å². The zero-order chi connectivity index (χ0) is 15.7. The van der Waals surface area contributed by atoms with Gasteiger partial charge in [0.15, 0.2) is 11.6 Å². The summed E-state index contributed by atoms with van der Waals surface area (Å²) >= 11 is 0. The fourth-order valence-corrected chi connectivity index (χ4v) is 2.90. The molecular formula is C17H21N3O2. The van der Waals surface area contributed by atoms with Crippen LogP contribution in [0, 0.1) is 5.41 Å². The van der Waals surface area contributed by atoms with Crippen LogP contribution >= 0.6 is 0 Å². The zero-order valence-electron chi connectivity index (χ0n) is 13.2. The SMILES string of the molecule is CCOc1ccc(Nc2n[nH]c3c2C(=O)CC(C)(C)C3)cc1. The minimum atomic E-state index is -0.00692. The van der Waals surface area contributed by atoms with Gasteiger partial charge in [-0.3, -0.25) is 9.89 Å². The Labute approximate surface area is 130 Å². The molecule has 1 aliphatic rings. The van der Waals surface area contributed by atoms with Crippen molar-refractivity contribution in [2.45, 2.75) is 33.6 Å². The first-order chi connectivity index (χ1) is 10.5. The molecule has 1 aliphatic carbocycles. The smallest absolute Gasteiger partial charge is 0.169 e. The van der Waals surface area contributed by atoms with Crippen molar-refractivity contribution in [1.82, 2.24) is 10.2 Å². The number of carbonyl (C=O) groups excluding carboxylic acids is 1. The van der Waals surface area contributed by atoms with Crippen molar-refractivity contribution >= 4 is 17.3 Å². The minimum Gasteiger partial charge on any atom is -0.494 e. The molecule has 0 atom stereocenters. The molecule has 1 heterocycles. The number of hydrogen-bond acceptors (Lipinski definition) is 4. The van der Waals surface area contributed by atoms with Crippen LogP contribution < -0.4 is 10.1 Å². The second-order valence-electron chi connectivity index (χ2n) is 6.45. The molecule has 0 bridgehead atoms. The topological polar surface area (TPSA) is 67.0 Å². The number of rotatable bonds is 4. The van der Waals surface area contributed by atoms with Gasteiger partial charge in [0, 0.05) is 17.8 Å². The van der Waals surface area contributed by atoms with Crippen molar-refractivity contribution in [3.63, 3.8) is 0 Å². The molecule has 1 aromatic carbocycles. The van der Waals surface area contributed by atoms with Crippen LogP contribution in [-0.4, -0.2) is 22.6 Å². The highest BCUT2D eigenvalue weighted by Crippen LogP contribution is 2.37. The van der Waals surface area contributed by atoms with Crippen molar-refractivity contribution < 1.29 is 9.53 Å². The van der Waals surface area contributed by atoms with E-state index in [1.807, 2.05) is 31.2 Å². The van der Waals surface area contributed by atoms with E-state index in [0.29, 0.717) is 24.4 Å². The molecule has 22 heavy (non-hydrogen) atoms. The number of aromatic amines is 1. The van der Waals surface area contributed by atoms with Gasteiger partial charge in [-0.1, -0.05) is 13.8 Å². The summed E-state index contributed by atoms with van der Waals surface area (Å²) in [5.74, 6) is 1.59. The Balaban J connectivity index is 1.82. The normalized spacial score (nSPS) is 16.2. The molecule has 1 aromatic heterocycles. The van der Waals surface area contributed by atoms with E-state index in [2.05, 4.69) is 29.4 Å². The molecule has 0 radical (unpaired) electrons. The Bertz CT molecular complexity index is 686. The number of hydrogen-bond donors (Lipinski definition) is 2. The number of nitrogens with one attached hydrogen (secondary N) is 2. The second-order valence-corrected chi connectivity index (χ2v) is 6.45. The predicted molar refractivity (Wildman–Crippen MR) is 85.9 cm³/mol. The van der Waals surface area contributed by atoms with Crippen molar-refractivity contribution in [1.29, 1.82) is 0 Å². The first-order valence-corrected chi connectivity index (χ1v) is 7.59. The molecule has 3 rings (SSSR count). The van der Waals surface area contributed by atoms with Gasteiger partial charge in [-0.15, -0.1) is 0 Å². The lowest BCUT2D eigenvalue weighted by Crippen LogP contribution is -2.26. The third kappa shape index (κ3) is 2.84. The summed E-state index contributed by atoms with van der Waals surface area (Å²) in [7, 11) is 0. The van der Waals surface area contributed by atoms with Gasteiger partial charge >= 0.3 is 0 Å². The van der Waals surface area contributed by atoms with E-state index in [9.17, 15) is 4.79 Å².